The summed E-state index contributed by atoms with van der Waals surface area (Å²) in [7, 11) is 1.35. The van der Waals surface area contributed by atoms with Crippen molar-refractivity contribution in [3.05, 3.63) is 58.6 Å². The molecule has 0 N–H and O–H groups in total. The van der Waals surface area contributed by atoms with Gasteiger partial charge in [0.25, 0.3) is 0 Å². The number of hydrogen-bond donors (Lipinski definition) is 0. The van der Waals surface area contributed by atoms with E-state index in [-0.39, 0.29) is 0 Å². The fraction of sp³-hybridized carbons (Fsp3) is 0.133. The quantitative estimate of drug-likeness (QED) is 0.760. The van der Waals surface area contributed by atoms with Gasteiger partial charge in [0.05, 0.1) is 17.7 Å². The minimum Gasteiger partial charge on any atom is -0.465 e. The third kappa shape index (κ3) is 2.24. The van der Waals surface area contributed by atoms with Gasteiger partial charge in [-0.3, -0.25) is 0 Å². The molecular weight excluding hydrogens is 248 g/mol. The first-order valence-corrected chi connectivity index (χ1v) is 5.95. The van der Waals surface area contributed by atoms with E-state index < -0.39 is 5.97 Å². The van der Waals surface area contributed by atoms with Gasteiger partial charge in [0.15, 0.2) is 0 Å². The first-order chi connectivity index (χ1) is 8.65. The Morgan fingerprint density at radius 3 is 2.39 bits per heavy atom. The Kier molecular flexibility index (Phi) is 3.68. The molecule has 2 aromatic carbocycles. The van der Waals surface area contributed by atoms with Crippen molar-refractivity contribution in [1.29, 1.82) is 0 Å². The normalized spacial score (nSPS) is 10.2. The predicted molar refractivity (Wildman–Crippen MR) is 73.0 cm³/mol. The Bertz CT molecular complexity index is 577. The van der Waals surface area contributed by atoms with Crippen molar-refractivity contribution in [1.82, 2.24) is 0 Å². The van der Waals surface area contributed by atoms with Crippen molar-refractivity contribution >= 4 is 17.6 Å². The van der Waals surface area contributed by atoms with E-state index in [0.29, 0.717) is 10.6 Å². The maximum Gasteiger partial charge on any atom is 0.339 e. The van der Waals surface area contributed by atoms with Crippen LogP contribution >= 0.6 is 11.6 Å². The van der Waals surface area contributed by atoms with Crippen molar-refractivity contribution in [2.24, 2.45) is 0 Å². The van der Waals surface area contributed by atoms with E-state index in [9.17, 15) is 4.79 Å². The molecule has 0 aliphatic heterocycles. The maximum absolute atomic E-state index is 11.7. The smallest absolute Gasteiger partial charge is 0.339 e. The Morgan fingerprint density at radius 2 is 1.78 bits per heavy atom. The summed E-state index contributed by atoms with van der Waals surface area (Å²) >= 11 is 6.06. The van der Waals surface area contributed by atoms with E-state index in [1.807, 2.05) is 43.3 Å². The molecule has 92 valence electrons. The van der Waals surface area contributed by atoms with Crippen molar-refractivity contribution in [3.8, 4) is 11.1 Å². The third-order valence-electron chi connectivity index (χ3n) is 2.89. The van der Waals surface area contributed by atoms with Gasteiger partial charge in [0.2, 0.25) is 0 Å². The molecule has 0 spiro atoms. The number of esters is 1. The number of rotatable bonds is 2. The van der Waals surface area contributed by atoms with E-state index in [1.165, 1.54) is 7.11 Å². The first-order valence-electron chi connectivity index (χ1n) is 5.58. The molecule has 0 radical (unpaired) electrons. The summed E-state index contributed by atoms with van der Waals surface area (Å²) in [6, 6.07) is 13.5. The topological polar surface area (TPSA) is 26.3 Å². The minimum atomic E-state index is -0.407. The lowest BCUT2D eigenvalue weighted by Gasteiger charge is -2.11. The van der Waals surface area contributed by atoms with E-state index in [4.69, 9.17) is 16.3 Å². The van der Waals surface area contributed by atoms with Crippen molar-refractivity contribution in [2.45, 2.75) is 6.92 Å². The van der Waals surface area contributed by atoms with Gasteiger partial charge in [-0.15, -0.1) is 0 Å². The predicted octanol–water partition coefficient (Wildman–Crippen LogP) is 4.10. The minimum absolute atomic E-state index is 0.407. The van der Waals surface area contributed by atoms with Crippen LogP contribution in [-0.2, 0) is 4.74 Å². The molecule has 0 fully saturated rings. The van der Waals surface area contributed by atoms with Crippen molar-refractivity contribution in [3.63, 3.8) is 0 Å². The lowest BCUT2D eigenvalue weighted by Crippen LogP contribution is -2.05. The molecule has 0 aliphatic carbocycles. The zero-order valence-electron chi connectivity index (χ0n) is 10.2. The number of carbonyl (C=O) groups is 1. The molecule has 18 heavy (non-hydrogen) atoms. The molecule has 2 rings (SSSR count). The van der Waals surface area contributed by atoms with Gasteiger partial charge in [0, 0.05) is 0 Å². The molecule has 2 aromatic rings. The van der Waals surface area contributed by atoms with Crippen LogP contribution in [0.2, 0.25) is 5.02 Å². The molecule has 0 aliphatic rings. The van der Waals surface area contributed by atoms with Crippen LogP contribution in [0.3, 0.4) is 0 Å². The van der Waals surface area contributed by atoms with Crippen molar-refractivity contribution in [2.75, 3.05) is 7.11 Å². The zero-order chi connectivity index (χ0) is 13.1. The summed E-state index contributed by atoms with van der Waals surface area (Å²) in [5.74, 6) is -0.407. The van der Waals surface area contributed by atoms with Crippen molar-refractivity contribution < 1.29 is 9.53 Å². The average molecular weight is 261 g/mol. The monoisotopic (exact) mass is 260 g/mol. The van der Waals surface area contributed by atoms with Gasteiger partial charge >= 0.3 is 5.97 Å². The Morgan fingerprint density at radius 1 is 1.11 bits per heavy atom. The SMILES string of the molecule is COC(=O)c1c(Cl)ccc(-c2ccccc2)c1C. The number of hydrogen-bond acceptors (Lipinski definition) is 2. The second kappa shape index (κ2) is 5.23. The third-order valence-corrected chi connectivity index (χ3v) is 3.20. The highest BCUT2D eigenvalue weighted by Crippen LogP contribution is 2.30. The number of ether oxygens (including phenoxy) is 1. The highest BCUT2D eigenvalue weighted by molar-refractivity contribution is 6.34. The molecule has 3 heteroatoms. The number of carbonyl (C=O) groups excluding carboxylic acids is 1. The summed E-state index contributed by atoms with van der Waals surface area (Å²) in [5, 5.41) is 0.416. The van der Waals surface area contributed by atoms with Gasteiger partial charge in [-0.05, 0) is 29.7 Å². The van der Waals surface area contributed by atoms with Crippen LogP contribution in [0.4, 0.5) is 0 Å². The molecule has 0 saturated heterocycles. The van der Waals surface area contributed by atoms with Crippen LogP contribution in [0, 0.1) is 6.92 Å². The van der Waals surface area contributed by atoms with Gasteiger partial charge in [0.1, 0.15) is 0 Å². The summed E-state index contributed by atoms with van der Waals surface area (Å²) < 4.78 is 4.77. The van der Waals surface area contributed by atoms with Gasteiger partial charge in [-0.2, -0.15) is 0 Å². The molecule has 0 saturated carbocycles. The second-order valence-electron chi connectivity index (χ2n) is 3.95. The molecule has 0 heterocycles. The van der Waals surface area contributed by atoms with Crippen LogP contribution in [0.25, 0.3) is 11.1 Å². The average Bonchev–Trinajstić information content (AvgIpc) is 2.39. The van der Waals surface area contributed by atoms with Crippen LogP contribution in [0.1, 0.15) is 15.9 Å². The zero-order valence-corrected chi connectivity index (χ0v) is 11.0. The lowest BCUT2D eigenvalue weighted by atomic mass is 9.96. The summed E-state index contributed by atoms with van der Waals surface area (Å²) in [4.78, 5) is 11.7. The van der Waals surface area contributed by atoms with E-state index in [2.05, 4.69) is 0 Å². The van der Waals surface area contributed by atoms with Gasteiger partial charge in [-0.25, -0.2) is 4.79 Å². The van der Waals surface area contributed by atoms with Crippen LogP contribution in [-0.4, -0.2) is 13.1 Å². The number of halogens is 1. The molecule has 0 atom stereocenters. The molecule has 0 unspecified atom stereocenters. The molecule has 0 bridgehead atoms. The Hall–Kier alpha value is -1.80. The van der Waals surface area contributed by atoms with Gasteiger partial charge < -0.3 is 4.74 Å². The molecular formula is C15H13ClO2. The molecule has 2 nitrogen and oxygen atoms in total. The van der Waals surface area contributed by atoms with E-state index in [1.54, 1.807) is 6.07 Å². The highest BCUT2D eigenvalue weighted by atomic mass is 35.5. The van der Waals surface area contributed by atoms with E-state index >= 15 is 0 Å². The van der Waals surface area contributed by atoms with Crippen LogP contribution in [0.5, 0.6) is 0 Å². The number of benzene rings is 2. The number of methoxy groups -OCH3 is 1. The standard InChI is InChI=1S/C15H13ClO2/c1-10-12(11-6-4-3-5-7-11)8-9-13(16)14(10)15(17)18-2/h3-9H,1-2H3. The van der Waals surface area contributed by atoms with Gasteiger partial charge in [-0.1, -0.05) is 48.0 Å². The largest absolute Gasteiger partial charge is 0.465 e. The maximum atomic E-state index is 11.7. The first kappa shape index (κ1) is 12.7. The van der Waals surface area contributed by atoms with E-state index in [0.717, 1.165) is 16.7 Å². The fourth-order valence-corrected chi connectivity index (χ4v) is 2.24. The second-order valence-corrected chi connectivity index (χ2v) is 4.36. The molecule has 0 aromatic heterocycles. The molecule has 0 amide bonds. The summed E-state index contributed by atoms with van der Waals surface area (Å²) in [6.07, 6.45) is 0. The summed E-state index contributed by atoms with van der Waals surface area (Å²) in [5.41, 5.74) is 3.30. The van der Waals surface area contributed by atoms with Crippen LogP contribution in [0.15, 0.2) is 42.5 Å². The summed E-state index contributed by atoms with van der Waals surface area (Å²) in [6.45, 7) is 1.88. The van der Waals surface area contributed by atoms with Crippen LogP contribution < -0.4 is 0 Å². The lowest BCUT2D eigenvalue weighted by molar-refractivity contribution is 0.0600. The highest BCUT2D eigenvalue weighted by Gasteiger charge is 2.17. The Labute approximate surface area is 111 Å². The Balaban J connectivity index is 2.62. The fourth-order valence-electron chi connectivity index (χ4n) is 1.96.